The van der Waals surface area contributed by atoms with Crippen molar-refractivity contribution >= 4 is 28.4 Å². The van der Waals surface area contributed by atoms with Gasteiger partial charge in [0.15, 0.2) is 5.65 Å². The van der Waals surface area contributed by atoms with Gasteiger partial charge in [0.25, 0.3) is 0 Å². The van der Waals surface area contributed by atoms with Crippen LogP contribution in [0.1, 0.15) is 56.7 Å². The molecule has 1 aliphatic heterocycles. The number of hydrogen-bond donors (Lipinski definition) is 2. The molecule has 1 fully saturated rings. The van der Waals surface area contributed by atoms with E-state index in [0.29, 0.717) is 19.0 Å². The van der Waals surface area contributed by atoms with E-state index in [9.17, 15) is 4.79 Å². The number of pyridine rings is 2. The molecule has 0 unspecified atom stereocenters. The highest BCUT2D eigenvalue weighted by Gasteiger charge is 2.30. The minimum absolute atomic E-state index is 0.248. The quantitative estimate of drug-likeness (QED) is 0.428. The van der Waals surface area contributed by atoms with Gasteiger partial charge in [0.05, 0.1) is 16.7 Å². The van der Waals surface area contributed by atoms with Crippen molar-refractivity contribution in [1.29, 1.82) is 0 Å². The van der Waals surface area contributed by atoms with Gasteiger partial charge >= 0.3 is 0 Å². The zero-order chi connectivity index (χ0) is 25.7. The van der Waals surface area contributed by atoms with Gasteiger partial charge in [0, 0.05) is 55.5 Å². The largest absolute Gasteiger partial charge is 0.370 e. The summed E-state index contributed by atoms with van der Waals surface area (Å²) >= 11 is 0. The van der Waals surface area contributed by atoms with E-state index in [2.05, 4.69) is 84.7 Å². The van der Waals surface area contributed by atoms with Crippen molar-refractivity contribution in [3.63, 3.8) is 0 Å². The fourth-order valence-corrected chi connectivity index (χ4v) is 5.55. The van der Waals surface area contributed by atoms with Gasteiger partial charge in [0.1, 0.15) is 12.1 Å². The number of aryl methyl sites for hydroxylation is 1. The lowest BCUT2D eigenvalue weighted by molar-refractivity contribution is -0.118. The number of amides is 1. The third-order valence-electron chi connectivity index (χ3n) is 7.69. The molecule has 1 amide bonds. The third kappa shape index (κ3) is 4.11. The minimum atomic E-state index is -0.248. The van der Waals surface area contributed by atoms with E-state index in [0.717, 1.165) is 52.4 Å². The van der Waals surface area contributed by atoms with Gasteiger partial charge in [-0.3, -0.25) is 9.69 Å². The molecule has 190 valence electrons. The van der Waals surface area contributed by atoms with E-state index in [1.54, 1.807) is 6.33 Å². The smallest absolute Gasteiger partial charge is 0.218 e. The lowest BCUT2D eigenvalue weighted by Gasteiger charge is -2.44. The Bertz CT molecular complexity index is 1430. The van der Waals surface area contributed by atoms with Crippen LogP contribution in [0, 0.1) is 13.8 Å². The Morgan fingerprint density at radius 3 is 2.67 bits per heavy atom. The van der Waals surface area contributed by atoms with Crippen LogP contribution in [0.15, 0.2) is 24.7 Å². The summed E-state index contributed by atoms with van der Waals surface area (Å²) in [6, 6.07) is 4.86. The Morgan fingerprint density at radius 1 is 1.17 bits per heavy atom. The zero-order valence-corrected chi connectivity index (χ0v) is 22.0. The molecule has 4 aromatic heterocycles. The van der Waals surface area contributed by atoms with Crippen LogP contribution < -0.4 is 10.6 Å². The molecule has 1 aliphatic rings. The summed E-state index contributed by atoms with van der Waals surface area (Å²) in [5.41, 5.74) is 14.1. The van der Waals surface area contributed by atoms with E-state index < -0.39 is 0 Å². The number of rotatable bonds is 6. The molecule has 0 radical (unpaired) electrons. The van der Waals surface area contributed by atoms with Crippen LogP contribution in [0.25, 0.3) is 27.9 Å². The molecule has 5 heterocycles. The predicted octanol–water partition coefficient (Wildman–Crippen LogP) is 3.79. The van der Waals surface area contributed by atoms with Gasteiger partial charge in [-0.05, 0) is 56.9 Å². The first kappa shape index (κ1) is 24.2. The van der Waals surface area contributed by atoms with Crippen LogP contribution in [0.3, 0.4) is 0 Å². The Labute approximate surface area is 211 Å². The number of nitrogens with one attached hydrogen (secondary N) is 1. The van der Waals surface area contributed by atoms with Crippen LogP contribution in [-0.4, -0.2) is 67.1 Å². The Kier molecular flexibility index (Phi) is 6.20. The molecule has 3 N–H and O–H groups in total. The summed E-state index contributed by atoms with van der Waals surface area (Å²) < 4.78 is 1.85. The molecule has 9 heteroatoms. The number of aromatic nitrogens is 5. The highest BCUT2D eigenvalue weighted by Crippen LogP contribution is 2.38. The first-order valence-electron chi connectivity index (χ1n) is 12.8. The molecule has 9 nitrogen and oxygen atoms in total. The molecule has 0 aromatic carbocycles. The molecule has 0 bridgehead atoms. The van der Waals surface area contributed by atoms with Crippen molar-refractivity contribution in [2.75, 3.05) is 24.5 Å². The van der Waals surface area contributed by atoms with Gasteiger partial charge in [-0.15, -0.1) is 0 Å². The van der Waals surface area contributed by atoms with Gasteiger partial charge in [0.2, 0.25) is 5.91 Å². The van der Waals surface area contributed by atoms with Gasteiger partial charge in [-0.2, -0.15) is 5.10 Å². The molecule has 2 atom stereocenters. The van der Waals surface area contributed by atoms with E-state index in [1.165, 1.54) is 11.1 Å². The number of nitrogens with two attached hydrogens (primary N) is 1. The van der Waals surface area contributed by atoms with Crippen LogP contribution in [-0.2, 0) is 4.79 Å². The lowest BCUT2D eigenvalue weighted by Crippen LogP contribution is -2.57. The number of anilines is 1. The Balaban J connectivity index is 1.54. The number of hydrogen-bond acceptors (Lipinski definition) is 6. The molecular formula is C27H36N8O. The van der Waals surface area contributed by atoms with Crippen molar-refractivity contribution in [1.82, 2.24) is 29.5 Å². The maximum absolute atomic E-state index is 11.3. The van der Waals surface area contributed by atoms with Crippen molar-refractivity contribution in [2.45, 2.75) is 66.0 Å². The number of nitrogens with zero attached hydrogens (tertiary/aromatic N) is 6. The highest BCUT2D eigenvalue weighted by atomic mass is 16.1. The number of piperazine rings is 1. The Morgan fingerprint density at radius 2 is 1.94 bits per heavy atom. The molecular weight excluding hydrogens is 452 g/mol. The molecule has 4 aromatic rings. The monoisotopic (exact) mass is 488 g/mol. The molecule has 0 aliphatic carbocycles. The summed E-state index contributed by atoms with van der Waals surface area (Å²) in [4.78, 5) is 29.3. The normalized spacial score (nSPS) is 19.1. The molecule has 5 rings (SSSR count). The van der Waals surface area contributed by atoms with Crippen molar-refractivity contribution < 1.29 is 4.79 Å². The van der Waals surface area contributed by atoms with Crippen molar-refractivity contribution in [3.8, 4) is 11.3 Å². The zero-order valence-electron chi connectivity index (χ0n) is 22.0. The van der Waals surface area contributed by atoms with Gasteiger partial charge in [-0.1, -0.05) is 13.8 Å². The number of carbonyl (C=O) groups excluding carboxylic acids is 1. The topological polar surface area (TPSA) is 108 Å². The summed E-state index contributed by atoms with van der Waals surface area (Å²) in [5.74, 6) is 1.02. The minimum Gasteiger partial charge on any atom is -0.370 e. The summed E-state index contributed by atoms with van der Waals surface area (Å²) in [7, 11) is 0. The van der Waals surface area contributed by atoms with Crippen LogP contribution in [0.5, 0.6) is 0 Å². The van der Waals surface area contributed by atoms with Crippen molar-refractivity contribution in [3.05, 3.63) is 41.3 Å². The molecule has 0 spiro atoms. The fraction of sp³-hybridized carbons (Fsp3) is 0.481. The van der Waals surface area contributed by atoms with Crippen molar-refractivity contribution in [2.24, 2.45) is 5.73 Å². The fourth-order valence-electron chi connectivity index (χ4n) is 5.55. The second kappa shape index (κ2) is 9.20. The maximum Gasteiger partial charge on any atom is 0.218 e. The summed E-state index contributed by atoms with van der Waals surface area (Å²) in [6.45, 7) is 15.6. The number of carbonyl (C=O) groups is 1. The molecule has 1 saturated heterocycles. The standard InChI is InChI=1S/C27H36N8O/c1-15(2)24-25(20-13-35-27(29-14-30-35)19(6)18(20)5)31-21-7-8-23(32-26(21)24)34-12-16(3)33(11-17(34)4)10-9-22(28)36/h7-8,13-17,31H,9-12H2,1-6H3,(H2,28,36)/t16-,17+/m1/s1. The first-order chi connectivity index (χ1) is 17.2. The summed E-state index contributed by atoms with van der Waals surface area (Å²) in [5, 5.41) is 4.39. The van der Waals surface area contributed by atoms with E-state index in [1.807, 2.05) is 4.52 Å². The molecule has 0 saturated carbocycles. The second-order valence-corrected chi connectivity index (χ2v) is 10.5. The summed E-state index contributed by atoms with van der Waals surface area (Å²) in [6.07, 6.45) is 4.06. The van der Waals surface area contributed by atoms with Crippen LogP contribution in [0.2, 0.25) is 0 Å². The SMILES string of the molecule is Cc1c(-c2[nH]c3ccc(N4C[C@@H](C)N(CCC(N)=O)C[C@@H]4C)nc3c2C(C)C)cn2ncnc2c1C. The van der Waals surface area contributed by atoms with Crippen LogP contribution in [0.4, 0.5) is 5.82 Å². The number of fused-ring (bicyclic) bond motifs is 2. The average molecular weight is 489 g/mol. The number of aromatic amines is 1. The van der Waals surface area contributed by atoms with E-state index in [4.69, 9.17) is 10.7 Å². The Hall–Kier alpha value is -3.46. The predicted molar refractivity (Wildman–Crippen MR) is 143 cm³/mol. The van der Waals surface area contributed by atoms with Crippen LogP contribution >= 0.6 is 0 Å². The third-order valence-corrected chi connectivity index (χ3v) is 7.69. The van der Waals surface area contributed by atoms with E-state index >= 15 is 0 Å². The maximum atomic E-state index is 11.3. The highest BCUT2D eigenvalue weighted by molar-refractivity contribution is 5.90. The van der Waals surface area contributed by atoms with E-state index in [-0.39, 0.29) is 17.9 Å². The molecule has 36 heavy (non-hydrogen) atoms. The lowest BCUT2D eigenvalue weighted by atomic mass is 9.95. The van der Waals surface area contributed by atoms with Gasteiger partial charge < -0.3 is 15.6 Å². The second-order valence-electron chi connectivity index (χ2n) is 10.5. The number of primary amides is 1. The first-order valence-corrected chi connectivity index (χ1v) is 12.8. The number of H-pyrrole nitrogens is 1. The average Bonchev–Trinajstić information content (AvgIpc) is 3.45. The van der Waals surface area contributed by atoms with Gasteiger partial charge in [-0.25, -0.2) is 14.5 Å².